The second kappa shape index (κ2) is 12.7. The van der Waals surface area contributed by atoms with Crippen LogP contribution in [0.3, 0.4) is 0 Å². The van der Waals surface area contributed by atoms with Crippen LogP contribution in [0.5, 0.6) is 17.2 Å². The van der Waals surface area contributed by atoms with Crippen molar-refractivity contribution in [2.24, 2.45) is 5.41 Å². The lowest BCUT2D eigenvalue weighted by Gasteiger charge is -2.42. The molecule has 206 valence electrons. The van der Waals surface area contributed by atoms with Gasteiger partial charge in [-0.3, -0.25) is 9.59 Å². The number of ether oxygens (including phenoxy) is 3. The van der Waals surface area contributed by atoms with Gasteiger partial charge in [0.1, 0.15) is 11.6 Å². The number of hydrogen-bond donors (Lipinski definition) is 0. The number of hydrogen-bond acceptors (Lipinski definition) is 5. The van der Waals surface area contributed by atoms with E-state index in [1.54, 1.807) is 54.3 Å². The summed E-state index contributed by atoms with van der Waals surface area (Å²) in [6.07, 6.45) is 1.48. The van der Waals surface area contributed by atoms with E-state index >= 15 is 0 Å². The van der Waals surface area contributed by atoms with Crippen molar-refractivity contribution >= 4 is 11.8 Å². The third-order valence-electron chi connectivity index (χ3n) is 7.32. The molecule has 3 aromatic carbocycles. The van der Waals surface area contributed by atoms with Crippen LogP contribution >= 0.6 is 0 Å². The molecule has 0 aromatic heterocycles. The zero-order valence-corrected chi connectivity index (χ0v) is 22.7. The number of methoxy groups -OCH3 is 2. The molecule has 1 aliphatic heterocycles. The number of benzene rings is 3. The number of carbonyl (C=O) groups is 2. The quantitative estimate of drug-likeness (QED) is 0.358. The van der Waals surface area contributed by atoms with Crippen LogP contribution in [0.1, 0.15) is 35.2 Å². The van der Waals surface area contributed by atoms with Crippen molar-refractivity contribution in [1.82, 2.24) is 9.80 Å². The number of likely N-dealkylation sites (tertiary alicyclic amines) is 1. The summed E-state index contributed by atoms with van der Waals surface area (Å²) in [6, 6.07) is 20.9. The highest BCUT2D eigenvalue weighted by molar-refractivity contribution is 5.95. The molecule has 7 nitrogen and oxygen atoms in total. The molecule has 1 fully saturated rings. The van der Waals surface area contributed by atoms with E-state index in [-0.39, 0.29) is 24.1 Å². The lowest BCUT2D eigenvalue weighted by Crippen LogP contribution is -2.47. The maximum atomic E-state index is 13.4. The Morgan fingerprint density at radius 2 is 1.59 bits per heavy atom. The Labute approximate surface area is 229 Å². The predicted octanol–water partition coefficient (Wildman–Crippen LogP) is 5.19. The van der Waals surface area contributed by atoms with Crippen molar-refractivity contribution in [2.45, 2.75) is 25.8 Å². The van der Waals surface area contributed by atoms with Crippen molar-refractivity contribution in [2.75, 3.05) is 41.0 Å². The fourth-order valence-electron chi connectivity index (χ4n) is 4.88. The molecule has 2 amide bonds. The molecule has 0 N–H and O–H groups in total. The van der Waals surface area contributed by atoms with Crippen LogP contribution in [0, 0.1) is 11.2 Å². The third kappa shape index (κ3) is 7.07. The first-order valence-electron chi connectivity index (χ1n) is 13.0. The molecule has 0 unspecified atom stereocenters. The van der Waals surface area contributed by atoms with Crippen LogP contribution in [0.15, 0.2) is 72.8 Å². The minimum Gasteiger partial charge on any atom is -0.493 e. The van der Waals surface area contributed by atoms with E-state index in [1.807, 2.05) is 30.3 Å². The fraction of sp³-hybridized carbons (Fsp3) is 0.355. The highest BCUT2D eigenvalue weighted by atomic mass is 19.1. The van der Waals surface area contributed by atoms with Crippen LogP contribution < -0.4 is 14.2 Å². The molecule has 0 bridgehead atoms. The zero-order valence-electron chi connectivity index (χ0n) is 22.7. The summed E-state index contributed by atoms with van der Waals surface area (Å²) in [4.78, 5) is 30.2. The van der Waals surface area contributed by atoms with E-state index in [1.165, 1.54) is 19.2 Å². The second-order valence-corrected chi connectivity index (χ2v) is 10.0. The summed E-state index contributed by atoms with van der Waals surface area (Å²) in [5, 5.41) is 0. The van der Waals surface area contributed by atoms with E-state index in [4.69, 9.17) is 14.2 Å². The molecule has 4 rings (SSSR count). The van der Waals surface area contributed by atoms with E-state index in [0.717, 1.165) is 5.56 Å². The third-order valence-corrected chi connectivity index (χ3v) is 7.32. The SMILES string of the molecule is COc1ccc(C(=O)N2CCC(COc3ccc(F)cc3)(CC(=O)N(C)Cc3ccccc3)CC2)cc1OC. The van der Waals surface area contributed by atoms with Crippen molar-refractivity contribution < 1.29 is 28.2 Å². The lowest BCUT2D eigenvalue weighted by molar-refractivity contribution is -0.134. The molecule has 0 atom stereocenters. The van der Waals surface area contributed by atoms with Crippen molar-refractivity contribution in [3.05, 3.63) is 89.7 Å². The van der Waals surface area contributed by atoms with Crippen molar-refractivity contribution in [1.29, 1.82) is 0 Å². The fourth-order valence-corrected chi connectivity index (χ4v) is 4.88. The van der Waals surface area contributed by atoms with Crippen LogP contribution in [-0.4, -0.2) is 62.6 Å². The van der Waals surface area contributed by atoms with Gasteiger partial charge in [0.2, 0.25) is 5.91 Å². The molecular weight excluding hydrogens is 499 g/mol. The summed E-state index contributed by atoms with van der Waals surface area (Å²) >= 11 is 0. The summed E-state index contributed by atoms with van der Waals surface area (Å²) in [7, 11) is 4.89. The Morgan fingerprint density at radius 1 is 0.923 bits per heavy atom. The van der Waals surface area contributed by atoms with Gasteiger partial charge in [0, 0.05) is 44.1 Å². The highest BCUT2D eigenvalue weighted by Gasteiger charge is 2.39. The maximum Gasteiger partial charge on any atom is 0.253 e. The Kier molecular flexibility index (Phi) is 9.07. The van der Waals surface area contributed by atoms with Gasteiger partial charge in [-0.05, 0) is 60.9 Å². The molecule has 1 aliphatic rings. The Balaban J connectivity index is 1.46. The molecule has 0 spiro atoms. The van der Waals surface area contributed by atoms with Crippen LogP contribution in [0.2, 0.25) is 0 Å². The first-order chi connectivity index (χ1) is 18.8. The van der Waals surface area contributed by atoms with Gasteiger partial charge in [0.15, 0.2) is 11.5 Å². The van der Waals surface area contributed by atoms with Crippen LogP contribution in [-0.2, 0) is 11.3 Å². The summed E-state index contributed by atoms with van der Waals surface area (Å²) in [5.74, 6) is 1.18. The maximum absolute atomic E-state index is 13.4. The number of amides is 2. The van der Waals surface area contributed by atoms with Gasteiger partial charge in [-0.1, -0.05) is 30.3 Å². The van der Waals surface area contributed by atoms with E-state index in [2.05, 4.69) is 0 Å². The van der Waals surface area contributed by atoms with Crippen molar-refractivity contribution in [3.8, 4) is 17.2 Å². The standard InChI is InChI=1S/C31H35FN2O5/c1-33(21-23-7-5-4-6-8-23)29(35)20-31(22-39-26-12-10-25(32)11-13-26)15-17-34(18-16-31)30(36)24-9-14-27(37-2)28(19-24)38-3/h4-14,19H,15-18,20-22H2,1-3H3. The average molecular weight is 535 g/mol. The molecule has 0 saturated carbocycles. The zero-order chi connectivity index (χ0) is 27.8. The smallest absolute Gasteiger partial charge is 0.253 e. The molecule has 0 aliphatic carbocycles. The normalized spacial score (nSPS) is 14.4. The van der Waals surface area contributed by atoms with E-state index < -0.39 is 5.41 Å². The van der Waals surface area contributed by atoms with Crippen LogP contribution in [0.4, 0.5) is 4.39 Å². The molecular formula is C31H35FN2O5. The van der Waals surface area contributed by atoms with Gasteiger partial charge in [0.05, 0.1) is 20.8 Å². The molecule has 1 heterocycles. The van der Waals surface area contributed by atoms with Gasteiger partial charge in [-0.15, -0.1) is 0 Å². The summed E-state index contributed by atoms with van der Waals surface area (Å²) in [5.41, 5.74) is 1.10. The van der Waals surface area contributed by atoms with Crippen molar-refractivity contribution in [3.63, 3.8) is 0 Å². The Morgan fingerprint density at radius 3 is 2.23 bits per heavy atom. The van der Waals surface area contributed by atoms with Gasteiger partial charge < -0.3 is 24.0 Å². The number of nitrogens with zero attached hydrogens (tertiary/aromatic N) is 2. The van der Waals surface area contributed by atoms with Gasteiger partial charge in [0.25, 0.3) is 5.91 Å². The first kappa shape index (κ1) is 28.0. The van der Waals surface area contributed by atoms with Gasteiger partial charge >= 0.3 is 0 Å². The summed E-state index contributed by atoms with van der Waals surface area (Å²) in [6.45, 7) is 1.77. The molecule has 0 radical (unpaired) electrons. The Hall–Kier alpha value is -4.07. The molecule has 3 aromatic rings. The number of halogens is 1. The number of rotatable bonds is 10. The average Bonchev–Trinajstić information content (AvgIpc) is 2.97. The second-order valence-electron chi connectivity index (χ2n) is 10.0. The highest BCUT2D eigenvalue weighted by Crippen LogP contribution is 2.37. The largest absolute Gasteiger partial charge is 0.493 e. The molecule has 8 heteroatoms. The minimum absolute atomic E-state index is 0.0150. The van der Waals surface area contributed by atoms with E-state index in [0.29, 0.717) is 61.9 Å². The number of piperidine rings is 1. The monoisotopic (exact) mass is 534 g/mol. The Bertz CT molecular complexity index is 1260. The molecule has 39 heavy (non-hydrogen) atoms. The molecule has 1 saturated heterocycles. The summed E-state index contributed by atoms with van der Waals surface area (Å²) < 4.78 is 30.1. The van der Waals surface area contributed by atoms with Gasteiger partial charge in [-0.25, -0.2) is 4.39 Å². The van der Waals surface area contributed by atoms with E-state index in [9.17, 15) is 14.0 Å². The van der Waals surface area contributed by atoms with Gasteiger partial charge in [-0.2, -0.15) is 0 Å². The lowest BCUT2D eigenvalue weighted by atomic mass is 9.75. The first-order valence-corrected chi connectivity index (χ1v) is 13.0. The van der Waals surface area contributed by atoms with Crippen LogP contribution in [0.25, 0.3) is 0 Å². The predicted molar refractivity (Wildman–Crippen MR) is 147 cm³/mol. The topological polar surface area (TPSA) is 68.3 Å². The number of carbonyl (C=O) groups excluding carboxylic acids is 2. The minimum atomic E-state index is -0.467.